The van der Waals surface area contributed by atoms with Crippen LogP contribution in [0.2, 0.25) is 5.04 Å². The Morgan fingerprint density at radius 3 is 1.79 bits per heavy atom. The Morgan fingerprint density at radius 2 is 1.45 bits per heavy atom. The van der Waals surface area contributed by atoms with Crippen molar-refractivity contribution >= 4 is 30.8 Å². The fraction of sp³-hybridized carbons (Fsp3) is 0.364. The average Bonchev–Trinajstić information content (AvgIpc) is 3.11. The molecule has 2 N–H and O–H groups in total. The third-order valence-corrected chi connectivity index (χ3v) is 10.6. The number of rotatable bonds is 5. The van der Waals surface area contributed by atoms with Gasteiger partial charge in [0, 0.05) is 13.0 Å². The molecule has 2 aromatic rings. The summed E-state index contributed by atoms with van der Waals surface area (Å²) in [5.41, 5.74) is 0. The predicted molar refractivity (Wildman–Crippen MR) is 113 cm³/mol. The fourth-order valence-corrected chi connectivity index (χ4v) is 8.96. The zero-order chi connectivity index (χ0) is 21.2. The van der Waals surface area contributed by atoms with E-state index in [-0.39, 0.29) is 18.0 Å². The molecule has 29 heavy (non-hydrogen) atoms. The fourth-order valence-electron chi connectivity index (χ4n) is 4.27. The number of likely N-dealkylation sites (tertiary alicyclic amines) is 1. The van der Waals surface area contributed by atoms with E-state index in [1.54, 1.807) is 0 Å². The predicted octanol–water partition coefficient (Wildman–Crippen LogP) is 2.77. The van der Waals surface area contributed by atoms with Gasteiger partial charge >= 0.3 is 12.1 Å². The van der Waals surface area contributed by atoms with Gasteiger partial charge < -0.3 is 14.6 Å². The Bertz CT molecular complexity index is 804. The van der Waals surface area contributed by atoms with Gasteiger partial charge in [0.05, 0.1) is 6.10 Å². The van der Waals surface area contributed by atoms with E-state index in [0.29, 0.717) is 0 Å². The molecule has 0 bridgehead atoms. The number of benzene rings is 2. The van der Waals surface area contributed by atoms with Gasteiger partial charge in [-0.2, -0.15) is 0 Å². The van der Waals surface area contributed by atoms with Gasteiger partial charge in [-0.3, -0.25) is 4.90 Å². The lowest BCUT2D eigenvalue weighted by molar-refractivity contribution is -0.141. The Labute approximate surface area is 171 Å². The molecule has 0 unspecified atom stereocenters. The molecule has 1 aliphatic rings. The summed E-state index contributed by atoms with van der Waals surface area (Å²) < 4.78 is 6.87. The molecular weight excluding hydrogens is 386 g/mol. The van der Waals surface area contributed by atoms with Crippen molar-refractivity contribution in [2.45, 2.75) is 44.4 Å². The Balaban J connectivity index is 2.10. The molecule has 154 valence electrons. The molecular formula is C22H27NO5Si. The average molecular weight is 414 g/mol. The maximum atomic E-state index is 11.6. The quantitative estimate of drug-likeness (QED) is 0.736. The minimum atomic E-state index is -2.86. The third-order valence-electron chi connectivity index (χ3n) is 5.55. The number of carboxylic acid groups (broad SMARTS) is 2. The number of amides is 1. The first-order valence-corrected chi connectivity index (χ1v) is 11.6. The SMILES string of the molecule is CC(C)(C)[Si](O[C@H]1C[C@@H](C(=O)O)N(C(=O)O)C1)(c1ccccc1)c1ccccc1. The number of carbonyl (C=O) groups is 2. The number of carboxylic acids is 1. The van der Waals surface area contributed by atoms with Crippen molar-refractivity contribution in [3.63, 3.8) is 0 Å². The number of nitrogens with zero attached hydrogens (tertiary/aromatic N) is 1. The van der Waals surface area contributed by atoms with Crippen molar-refractivity contribution in [2.75, 3.05) is 6.54 Å². The highest BCUT2D eigenvalue weighted by molar-refractivity contribution is 6.99. The van der Waals surface area contributed by atoms with E-state index in [1.165, 1.54) is 0 Å². The molecule has 1 aliphatic heterocycles. The monoisotopic (exact) mass is 413 g/mol. The lowest BCUT2D eigenvalue weighted by Crippen LogP contribution is -2.67. The van der Waals surface area contributed by atoms with Crippen LogP contribution in [0.5, 0.6) is 0 Å². The standard InChI is InChI=1S/C22H27NO5Si/c1-22(2,3)29(17-10-6-4-7-11-17,18-12-8-5-9-13-18)28-16-14-19(20(24)25)23(15-16)21(26)27/h4-13,16,19H,14-15H2,1-3H3,(H,24,25)(H,26,27)/t16-,19-/m0/s1. The second-order valence-electron chi connectivity index (χ2n) is 8.43. The van der Waals surface area contributed by atoms with Gasteiger partial charge in [-0.15, -0.1) is 0 Å². The van der Waals surface area contributed by atoms with E-state index >= 15 is 0 Å². The summed E-state index contributed by atoms with van der Waals surface area (Å²) in [4.78, 5) is 24.2. The normalized spacial score (nSPS) is 19.9. The summed E-state index contributed by atoms with van der Waals surface area (Å²) in [5.74, 6) is -1.14. The zero-order valence-electron chi connectivity index (χ0n) is 16.9. The molecule has 2 aromatic carbocycles. The van der Waals surface area contributed by atoms with Crippen molar-refractivity contribution in [2.24, 2.45) is 0 Å². The van der Waals surface area contributed by atoms with Crippen molar-refractivity contribution < 1.29 is 24.2 Å². The maximum Gasteiger partial charge on any atom is 0.408 e. The second kappa shape index (κ2) is 8.00. The van der Waals surface area contributed by atoms with Crippen LogP contribution in [0.1, 0.15) is 27.2 Å². The van der Waals surface area contributed by atoms with E-state index in [1.807, 2.05) is 36.4 Å². The van der Waals surface area contributed by atoms with Gasteiger partial charge in [0.1, 0.15) is 6.04 Å². The molecule has 6 nitrogen and oxygen atoms in total. The van der Waals surface area contributed by atoms with Crippen LogP contribution >= 0.6 is 0 Å². The van der Waals surface area contributed by atoms with Crippen molar-refractivity contribution in [3.8, 4) is 0 Å². The molecule has 0 saturated carbocycles. The van der Waals surface area contributed by atoms with E-state index in [0.717, 1.165) is 15.3 Å². The highest BCUT2D eigenvalue weighted by Gasteiger charge is 2.53. The highest BCUT2D eigenvalue weighted by Crippen LogP contribution is 2.39. The van der Waals surface area contributed by atoms with Crippen LogP contribution in [0.15, 0.2) is 60.7 Å². The molecule has 0 aliphatic carbocycles. The van der Waals surface area contributed by atoms with E-state index in [2.05, 4.69) is 45.0 Å². The topological polar surface area (TPSA) is 87.1 Å². The first-order chi connectivity index (χ1) is 13.7. The van der Waals surface area contributed by atoms with Crippen LogP contribution in [0.25, 0.3) is 0 Å². The molecule has 1 amide bonds. The van der Waals surface area contributed by atoms with Crippen LogP contribution < -0.4 is 10.4 Å². The maximum absolute atomic E-state index is 11.6. The number of hydrogen-bond donors (Lipinski definition) is 2. The first-order valence-electron chi connectivity index (χ1n) is 9.68. The van der Waals surface area contributed by atoms with E-state index < -0.39 is 32.5 Å². The second-order valence-corrected chi connectivity index (χ2v) is 12.7. The van der Waals surface area contributed by atoms with Gasteiger partial charge in [-0.05, 0) is 15.4 Å². The summed E-state index contributed by atoms with van der Waals surface area (Å²) in [6, 6.07) is 19.0. The molecule has 3 rings (SSSR count). The minimum Gasteiger partial charge on any atom is -0.480 e. The van der Waals surface area contributed by atoms with Crippen LogP contribution in [-0.2, 0) is 9.22 Å². The van der Waals surface area contributed by atoms with Gasteiger partial charge in [0.2, 0.25) is 0 Å². The molecule has 7 heteroatoms. The van der Waals surface area contributed by atoms with Crippen LogP contribution in [0.3, 0.4) is 0 Å². The summed E-state index contributed by atoms with van der Waals surface area (Å²) in [6.07, 6.45) is -1.57. The Kier molecular flexibility index (Phi) is 5.82. The van der Waals surface area contributed by atoms with Gasteiger partial charge in [-0.1, -0.05) is 81.4 Å². The van der Waals surface area contributed by atoms with Gasteiger partial charge in [-0.25, -0.2) is 9.59 Å². The molecule has 0 spiro atoms. The van der Waals surface area contributed by atoms with Crippen molar-refractivity contribution in [3.05, 3.63) is 60.7 Å². The summed E-state index contributed by atoms with van der Waals surface area (Å²) in [5, 5.41) is 20.9. The Hall–Kier alpha value is -2.64. The van der Waals surface area contributed by atoms with Crippen LogP contribution in [-0.4, -0.2) is 54.2 Å². The number of aliphatic carboxylic acids is 1. The third kappa shape index (κ3) is 3.93. The van der Waals surface area contributed by atoms with E-state index in [4.69, 9.17) is 4.43 Å². The highest BCUT2D eigenvalue weighted by atomic mass is 28.4. The molecule has 2 atom stereocenters. The molecule has 0 aromatic heterocycles. The first kappa shape index (κ1) is 21.1. The molecule has 1 fully saturated rings. The largest absolute Gasteiger partial charge is 0.480 e. The lowest BCUT2D eigenvalue weighted by atomic mass is 10.2. The summed E-state index contributed by atoms with van der Waals surface area (Å²) >= 11 is 0. The Morgan fingerprint density at radius 1 is 0.966 bits per heavy atom. The summed E-state index contributed by atoms with van der Waals surface area (Å²) in [6.45, 7) is 6.46. The van der Waals surface area contributed by atoms with Crippen molar-refractivity contribution in [1.29, 1.82) is 0 Å². The van der Waals surface area contributed by atoms with E-state index in [9.17, 15) is 19.8 Å². The minimum absolute atomic E-state index is 0.0524. The van der Waals surface area contributed by atoms with Crippen molar-refractivity contribution in [1.82, 2.24) is 4.90 Å². The molecule has 0 radical (unpaired) electrons. The molecule has 1 saturated heterocycles. The van der Waals surface area contributed by atoms with Gasteiger partial charge in [0.25, 0.3) is 8.32 Å². The number of hydrogen-bond acceptors (Lipinski definition) is 3. The smallest absolute Gasteiger partial charge is 0.408 e. The van der Waals surface area contributed by atoms with Crippen LogP contribution in [0.4, 0.5) is 4.79 Å². The zero-order valence-corrected chi connectivity index (χ0v) is 17.9. The summed E-state index contributed by atoms with van der Waals surface area (Å²) in [7, 11) is -2.86. The molecule has 1 heterocycles. The van der Waals surface area contributed by atoms with Gasteiger partial charge in [0.15, 0.2) is 0 Å². The lowest BCUT2D eigenvalue weighted by Gasteiger charge is -2.44. The van der Waals surface area contributed by atoms with Crippen LogP contribution in [0, 0.1) is 0 Å².